The van der Waals surface area contributed by atoms with E-state index >= 15 is 0 Å². The van der Waals surface area contributed by atoms with E-state index < -0.39 is 0 Å². The summed E-state index contributed by atoms with van der Waals surface area (Å²) in [5.74, 6) is 2.17. The number of carbonyl (C=O) groups is 1. The highest BCUT2D eigenvalue weighted by Gasteiger charge is 2.25. The molecule has 0 spiro atoms. The number of likely N-dealkylation sites (tertiary alicyclic amines) is 1. The molecule has 32 heavy (non-hydrogen) atoms. The number of ether oxygens (including phenoxy) is 1. The summed E-state index contributed by atoms with van der Waals surface area (Å²) in [6.07, 6.45) is 6.00. The molecule has 7 heteroatoms. The van der Waals surface area contributed by atoms with Crippen LogP contribution in [0.15, 0.2) is 30.5 Å². The number of nitrogens with zero attached hydrogens (tertiary/aromatic N) is 3. The molecule has 0 aromatic carbocycles. The lowest BCUT2D eigenvalue weighted by molar-refractivity contribution is -0.121. The molecule has 7 nitrogen and oxygen atoms in total. The van der Waals surface area contributed by atoms with Gasteiger partial charge in [-0.05, 0) is 75.4 Å². The fourth-order valence-electron chi connectivity index (χ4n) is 4.54. The second kappa shape index (κ2) is 10.9. The molecule has 0 saturated carbocycles. The Hall–Kier alpha value is -2.51. The second-order valence-corrected chi connectivity index (χ2v) is 8.95. The molecule has 0 radical (unpaired) electrons. The van der Waals surface area contributed by atoms with E-state index in [-0.39, 0.29) is 11.8 Å². The standard InChI is InChI=1S/C25H35N5O2/c1-3-30-11-5-6-20(17-30)25(31)29-24-14-21(18(2)15-26-24)22-7-4-8-23(28-22)27-16-19-9-12-32-13-10-19/h4,7-8,14-15,19-20H,3,5-6,9-13,16-17H2,1-2H3,(H,27,28)(H,26,29,31)/t20-/m1/s1. The first-order valence-electron chi connectivity index (χ1n) is 11.9. The van der Waals surface area contributed by atoms with Gasteiger partial charge in [-0.1, -0.05) is 13.0 Å². The quantitative estimate of drug-likeness (QED) is 0.683. The third-order valence-electron chi connectivity index (χ3n) is 6.62. The maximum atomic E-state index is 12.8. The minimum atomic E-state index is 0.0195. The average Bonchev–Trinajstić information content (AvgIpc) is 2.84. The third kappa shape index (κ3) is 5.84. The lowest BCUT2D eigenvalue weighted by Crippen LogP contribution is -2.40. The number of hydrogen-bond donors (Lipinski definition) is 2. The first kappa shape index (κ1) is 22.7. The largest absolute Gasteiger partial charge is 0.381 e. The predicted octanol–water partition coefficient (Wildman–Crippen LogP) is 3.96. The van der Waals surface area contributed by atoms with Crippen LogP contribution in [0.25, 0.3) is 11.3 Å². The molecule has 2 aromatic heterocycles. The van der Waals surface area contributed by atoms with E-state index in [1.165, 1.54) is 0 Å². The van der Waals surface area contributed by atoms with Gasteiger partial charge >= 0.3 is 0 Å². The number of hydrogen-bond acceptors (Lipinski definition) is 6. The van der Waals surface area contributed by atoms with Crippen LogP contribution >= 0.6 is 0 Å². The van der Waals surface area contributed by atoms with Crippen molar-refractivity contribution in [3.63, 3.8) is 0 Å². The molecule has 2 aliphatic rings. The maximum absolute atomic E-state index is 12.8. The molecule has 2 N–H and O–H groups in total. The summed E-state index contributed by atoms with van der Waals surface area (Å²) in [5, 5.41) is 6.53. The summed E-state index contributed by atoms with van der Waals surface area (Å²) in [6.45, 7) is 9.67. The highest BCUT2D eigenvalue weighted by molar-refractivity contribution is 5.92. The summed E-state index contributed by atoms with van der Waals surface area (Å²) in [6, 6.07) is 7.98. The lowest BCUT2D eigenvalue weighted by Gasteiger charge is -2.30. The Morgan fingerprint density at radius 2 is 2.06 bits per heavy atom. The molecule has 1 atom stereocenters. The summed E-state index contributed by atoms with van der Waals surface area (Å²) in [4.78, 5) is 24.5. The van der Waals surface area contributed by atoms with Crippen molar-refractivity contribution in [3.8, 4) is 11.3 Å². The predicted molar refractivity (Wildman–Crippen MR) is 128 cm³/mol. The lowest BCUT2D eigenvalue weighted by atomic mass is 9.97. The van der Waals surface area contributed by atoms with Gasteiger partial charge in [-0.2, -0.15) is 0 Å². The maximum Gasteiger partial charge on any atom is 0.229 e. The van der Waals surface area contributed by atoms with Crippen LogP contribution in [0.3, 0.4) is 0 Å². The molecule has 172 valence electrons. The van der Waals surface area contributed by atoms with Crippen molar-refractivity contribution in [2.45, 2.75) is 39.5 Å². The molecule has 0 aliphatic carbocycles. The van der Waals surface area contributed by atoms with Gasteiger partial charge in [0.1, 0.15) is 11.6 Å². The number of anilines is 2. The van der Waals surface area contributed by atoms with Crippen molar-refractivity contribution in [3.05, 3.63) is 36.0 Å². The average molecular weight is 438 g/mol. The number of carbonyl (C=O) groups excluding carboxylic acids is 1. The van der Waals surface area contributed by atoms with E-state index in [1.54, 1.807) is 0 Å². The zero-order valence-electron chi connectivity index (χ0n) is 19.3. The summed E-state index contributed by atoms with van der Waals surface area (Å²) < 4.78 is 5.45. The van der Waals surface area contributed by atoms with Crippen LogP contribution in [0.5, 0.6) is 0 Å². The van der Waals surface area contributed by atoms with E-state index in [2.05, 4.69) is 27.4 Å². The summed E-state index contributed by atoms with van der Waals surface area (Å²) in [5.41, 5.74) is 2.91. The fraction of sp³-hybridized carbons (Fsp3) is 0.560. The Bertz CT molecular complexity index is 913. The van der Waals surface area contributed by atoms with Gasteiger partial charge in [0.05, 0.1) is 11.6 Å². The van der Waals surface area contributed by atoms with Gasteiger partial charge in [0.2, 0.25) is 5.91 Å². The first-order chi connectivity index (χ1) is 15.6. The zero-order chi connectivity index (χ0) is 22.3. The molecule has 4 rings (SSSR count). The summed E-state index contributed by atoms with van der Waals surface area (Å²) in [7, 11) is 0. The van der Waals surface area contributed by atoms with Gasteiger partial charge < -0.3 is 20.3 Å². The molecule has 1 amide bonds. The van der Waals surface area contributed by atoms with Crippen LogP contribution in [-0.2, 0) is 9.53 Å². The number of piperidine rings is 1. The van der Waals surface area contributed by atoms with Crippen LogP contribution < -0.4 is 10.6 Å². The van der Waals surface area contributed by atoms with Crippen LogP contribution in [0.1, 0.15) is 38.2 Å². The number of aromatic nitrogens is 2. The molecule has 2 fully saturated rings. The Kier molecular flexibility index (Phi) is 7.71. The smallest absolute Gasteiger partial charge is 0.229 e. The van der Waals surface area contributed by atoms with Gasteiger partial charge in [0, 0.05) is 38.1 Å². The minimum absolute atomic E-state index is 0.0195. The number of rotatable bonds is 7. The van der Waals surface area contributed by atoms with Gasteiger partial charge in [-0.15, -0.1) is 0 Å². The van der Waals surface area contributed by atoms with Crippen LogP contribution in [0.2, 0.25) is 0 Å². The molecular formula is C25H35N5O2. The summed E-state index contributed by atoms with van der Waals surface area (Å²) >= 11 is 0. The second-order valence-electron chi connectivity index (χ2n) is 8.95. The van der Waals surface area contributed by atoms with Crippen molar-refractivity contribution in [1.82, 2.24) is 14.9 Å². The van der Waals surface area contributed by atoms with Crippen molar-refractivity contribution >= 4 is 17.5 Å². The van der Waals surface area contributed by atoms with Crippen molar-refractivity contribution in [2.24, 2.45) is 11.8 Å². The molecule has 0 unspecified atom stereocenters. The van der Waals surface area contributed by atoms with Gasteiger partial charge in [0.15, 0.2) is 0 Å². The first-order valence-corrected chi connectivity index (χ1v) is 11.9. The van der Waals surface area contributed by atoms with Gasteiger partial charge in [0.25, 0.3) is 0 Å². The fourth-order valence-corrected chi connectivity index (χ4v) is 4.54. The third-order valence-corrected chi connectivity index (χ3v) is 6.62. The van der Waals surface area contributed by atoms with E-state index in [0.717, 1.165) is 87.7 Å². The van der Waals surface area contributed by atoms with Crippen molar-refractivity contribution in [2.75, 3.05) is 50.0 Å². The highest BCUT2D eigenvalue weighted by Crippen LogP contribution is 2.26. The number of aryl methyl sites for hydroxylation is 1. The van der Waals surface area contributed by atoms with E-state index in [0.29, 0.717) is 11.7 Å². The topological polar surface area (TPSA) is 79.4 Å². The molecule has 2 aromatic rings. The van der Waals surface area contributed by atoms with Gasteiger partial charge in [-0.25, -0.2) is 9.97 Å². The monoisotopic (exact) mass is 437 g/mol. The van der Waals surface area contributed by atoms with Crippen molar-refractivity contribution in [1.29, 1.82) is 0 Å². The normalized spacial score (nSPS) is 20.1. The molecular weight excluding hydrogens is 402 g/mol. The Labute approximate surface area is 191 Å². The number of nitrogens with one attached hydrogen (secondary N) is 2. The Morgan fingerprint density at radius 3 is 2.88 bits per heavy atom. The Morgan fingerprint density at radius 1 is 1.22 bits per heavy atom. The zero-order valence-corrected chi connectivity index (χ0v) is 19.3. The molecule has 2 saturated heterocycles. The van der Waals surface area contributed by atoms with E-state index in [4.69, 9.17) is 9.72 Å². The number of pyridine rings is 2. The van der Waals surface area contributed by atoms with Crippen molar-refractivity contribution < 1.29 is 9.53 Å². The van der Waals surface area contributed by atoms with E-state index in [9.17, 15) is 4.79 Å². The highest BCUT2D eigenvalue weighted by atomic mass is 16.5. The molecule has 4 heterocycles. The Balaban J connectivity index is 1.43. The van der Waals surface area contributed by atoms with Gasteiger partial charge in [-0.3, -0.25) is 4.79 Å². The number of amides is 1. The van der Waals surface area contributed by atoms with E-state index in [1.807, 2.05) is 37.4 Å². The van der Waals surface area contributed by atoms with Crippen LogP contribution in [0.4, 0.5) is 11.6 Å². The molecule has 0 bridgehead atoms. The SMILES string of the molecule is CCN1CCC[C@@H](C(=O)Nc2cc(-c3cccc(NCC4CCOCC4)n3)c(C)cn2)C1. The minimum Gasteiger partial charge on any atom is -0.381 e. The van der Waals surface area contributed by atoms with Crippen LogP contribution in [0, 0.1) is 18.8 Å². The van der Waals surface area contributed by atoms with Crippen LogP contribution in [-0.4, -0.2) is 60.2 Å². The molecule has 2 aliphatic heterocycles.